The fourth-order valence-corrected chi connectivity index (χ4v) is 3.92. The third-order valence-corrected chi connectivity index (χ3v) is 5.80. The Hall–Kier alpha value is -3.62. The summed E-state index contributed by atoms with van der Waals surface area (Å²) in [7, 11) is 1.95. The Labute approximate surface area is 195 Å². The van der Waals surface area contributed by atoms with E-state index in [-0.39, 0.29) is 11.9 Å². The molecule has 3 N–H and O–H groups in total. The number of imidazole rings is 1. The molecule has 1 saturated heterocycles. The predicted molar refractivity (Wildman–Crippen MR) is 129 cm³/mol. The zero-order valence-corrected chi connectivity index (χ0v) is 18.8. The molecule has 168 valence electrons. The van der Waals surface area contributed by atoms with Crippen LogP contribution >= 0.6 is 11.6 Å². The largest absolute Gasteiger partial charge is 0.457 e. The van der Waals surface area contributed by atoms with Gasteiger partial charge in [0.2, 0.25) is 5.95 Å². The summed E-state index contributed by atoms with van der Waals surface area (Å²) < 4.78 is 7.98. The highest BCUT2D eigenvalue weighted by Crippen LogP contribution is 2.28. The first-order valence-corrected chi connectivity index (χ1v) is 11.1. The third kappa shape index (κ3) is 4.76. The van der Waals surface area contributed by atoms with E-state index in [1.165, 1.54) is 0 Å². The molecule has 5 rings (SSSR count). The van der Waals surface area contributed by atoms with Crippen molar-refractivity contribution in [2.75, 3.05) is 18.4 Å². The first-order chi connectivity index (χ1) is 16.0. The van der Waals surface area contributed by atoms with Crippen molar-refractivity contribution in [1.82, 2.24) is 25.2 Å². The minimum absolute atomic E-state index is 0.131. The molecular formula is C24H23ClN6O2. The van der Waals surface area contributed by atoms with Crippen molar-refractivity contribution in [2.24, 2.45) is 7.05 Å². The second-order valence-corrected chi connectivity index (χ2v) is 8.36. The lowest BCUT2D eigenvalue weighted by Gasteiger charge is -2.11. The number of benzene rings is 2. The summed E-state index contributed by atoms with van der Waals surface area (Å²) in [6.07, 6.45) is 2.49. The van der Waals surface area contributed by atoms with Crippen LogP contribution in [-0.4, -0.2) is 39.6 Å². The van der Waals surface area contributed by atoms with Gasteiger partial charge in [-0.25, -0.2) is 4.98 Å². The molecule has 1 amide bonds. The second kappa shape index (κ2) is 9.09. The van der Waals surface area contributed by atoms with Crippen LogP contribution in [-0.2, 0) is 7.05 Å². The van der Waals surface area contributed by atoms with Crippen molar-refractivity contribution in [3.05, 3.63) is 71.5 Å². The van der Waals surface area contributed by atoms with E-state index in [4.69, 9.17) is 21.3 Å². The van der Waals surface area contributed by atoms with Crippen molar-refractivity contribution < 1.29 is 9.53 Å². The van der Waals surface area contributed by atoms with Gasteiger partial charge in [-0.05, 0) is 55.4 Å². The Balaban J connectivity index is 1.33. The predicted octanol–water partition coefficient (Wildman–Crippen LogP) is 4.25. The quantitative estimate of drug-likeness (QED) is 0.396. The SMILES string of the molecule is Cn1c(Nc2ccc(Cl)cc2)nc2cc(Oc3ccnc(C(=O)N[C@H]4CCNC4)c3)ccc21. The van der Waals surface area contributed by atoms with Crippen LogP contribution in [0.3, 0.4) is 0 Å². The molecule has 0 unspecified atom stereocenters. The second-order valence-electron chi connectivity index (χ2n) is 7.92. The Kier molecular flexibility index (Phi) is 5.85. The summed E-state index contributed by atoms with van der Waals surface area (Å²) in [6, 6.07) is 16.6. The van der Waals surface area contributed by atoms with Gasteiger partial charge in [0.15, 0.2) is 0 Å². The molecule has 0 bridgehead atoms. The van der Waals surface area contributed by atoms with Crippen molar-refractivity contribution in [3.63, 3.8) is 0 Å². The highest BCUT2D eigenvalue weighted by molar-refractivity contribution is 6.30. The number of aromatic nitrogens is 3. The molecule has 33 heavy (non-hydrogen) atoms. The number of pyridine rings is 1. The number of amides is 1. The lowest BCUT2D eigenvalue weighted by atomic mass is 10.2. The molecule has 2 aromatic carbocycles. The van der Waals surface area contributed by atoms with E-state index < -0.39 is 0 Å². The van der Waals surface area contributed by atoms with Gasteiger partial charge in [-0.1, -0.05) is 11.6 Å². The average molecular weight is 463 g/mol. The van der Waals surface area contributed by atoms with Crippen LogP contribution in [0.25, 0.3) is 11.0 Å². The molecule has 2 aromatic heterocycles. The number of nitrogens with zero attached hydrogens (tertiary/aromatic N) is 3. The van der Waals surface area contributed by atoms with Crippen molar-refractivity contribution in [1.29, 1.82) is 0 Å². The molecule has 0 aliphatic carbocycles. The Morgan fingerprint density at radius 1 is 1.15 bits per heavy atom. The molecule has 3 heterocycles. The monoisotopic (exact) mass is 462 g/mol. The normalized spacial score (nSPS) is 15.5. The topological polar surface area (TPSA) is 93.1 Å². The van der Waals surface area contributed by atoms with Crippen LogP contribution in [0.15, 0.2) is 60.8 Å². The number of halogens is 1. The minimum atomic E-state index is -0.202. The molecule has 0 radical (unpaired) electrons. The van der Waals surface area contributed by atoms with Gasteiger partial charge in [0, 0.05) is 48.7 Å². The molecule has 1 fully saturated rings. The van der Waals surface area contributed by atoms with E-state index in [9.17, 15) is 4.79 Å². The number of carbonyl (C=O) groups excluding carboxylic acids is 1. The number of carbonyl (C=O) groups is 1. The molecule has 1 aliphatic rings. The van der Waals surface area contributed by atoms with Gasteiger partial charge in [0.05, 0.1) is 11.0 Å². The highest BCUT2D eigenvalue weighted by Gasteiger charge is 2.18. The molecule has 4 aromatic rings. The van der Waals surface area contributed by atoms with Crippen molar-refractivity contribution >= 4 is 40.2 Å². The number of aryl methyl sites for hydroxylation is 1. The Morgan fingerprint density at radius 3 is 2.76 bits per heavy atom. The number of hydrogen-bond donors (Lipinski definition) is 3. The van der Waals surface area contributed by atoms with Gasteiger partial charge in [0.25, 0.3) is 5.91 Å². The molecule has 1 aliphatic heterocycles. The zero-order valence-electron chi connectivity index (χ0n) is 18.0. The Bertz CT molecular complexity index is 1300. The summed E-state index contributed by atoms with van der Waals surface area (Å²) in [5, 5.41) is 10.2. The van der Waals surface area contributed by atoms with E-state index in [0.29, 0.717) is 28.2 Å². The van der Waals surface area contributed by atoms with Crippen LogP contribution in [0.2, 0.25) is 5.02 Å². The van der Waals surface area contributed by atoms with Gasteiger partial charge < -0.3 is 25.3 Å². The van der Waals surface area contributed by atoms with E-state index in [1.807, 2.05) is 54.1 Å². The summed E-state index contributed by atoms with van der Waals surface area (Å²) >= 11 is 5.97. The summed E-state index contributed by atoms with van der Waals surface area (Å²) in [5.74, 6) is 1.66. The number of anilines is 2. The fourth-order valence-electron chi connectivity index (χ4n) is 3.79. The van der Waals surface area contributed by atoms with E-state index in [2.05, 4.69) is 20.9 Å². The van der Waals surface area contributed by atoms with E-state index in [0.717, 1.165) is 36.2 Å². The summed E-state index contributed by atoms with van der Waals surface area (Å²) in [5.41, 5.74) is 2.96. The van der Waals surface area contributed by atoms with Gasteiger partial charge in [-0.15, -0.1) is 0 Å². The standard InChI is InChI=1S/C24H23ClN6O2/c1-31-22-7-6-18(12-20(22)30-24(31)29-16-4-2-15(25)3-5-16)33-19-9-11-27-21(13-19)23(32)28-17-8-10-26-14-17/h2-7,9,11-13,17,26H,8,10,14H2,1H3,(H,28,32)(H,29,30)/t17-/m0/s1. The summed E-state index contributed by atoms with van der Waals surface area (Å²) in [4.78, 5) is 21.4. The lowest BCUT2D eigenvalue weighted by molar-refractivity contribution is 0.0934. The molecule has 1 atom stereocenters. The van der Waals surface area contributed by atoms with Crippen LogP contribution < -0.4 is 20.7 Å². The maximum atomic E-state index is 12.5. The average Bonchev–Trinajstić information content (AvgIpc) is 3.43. The third-order valence-electron chi connectivity index (χ3n) is 5.55. The molecular weight excluding hydrogens is 440 g/mol. The number of nitrogens with one attached hydrogen (secondary N) is 3. The van der Waals surface area contributed by atoms with Crippen LogP contribution in [0.5, 0.6) is 11.5 Å². The van der Waals surface area contributed by atoms with Gasteiger partial charge in [-0.3, -0.25) is 9.78 Å². The zero-order chi connectivity index (χ0) is 22.8. The maximum Gasteiger partial charge on any atom is 0.270 e. The molecule has 8 nitrogen and oxygen atoms in total. The first kappa shape index (κ1) is 21.2. The smallest absolute Gasteiger partial charge is 0.270 e. The maximum absolute atomic E-state index is 12.5. The van der Waals surface area contributed by atoms with Gasteiger partial charge in [-0.2, -0.15) is 0 Å². The summed E-state index contributed by atoms with van der Waals surface area (Å²) in [6.45, 7) is 1.69. The van der Waals surface area contributed by atoms with Crippen LogP contribution in [0.1, 0.15) is 16.9 Å². The lowest BCUT2D eigenvalue weighted by Crippen LogP contribution is -2.36. The number of fused-ring (bicyclic) bond motifs is 1. The van der Waals surface area contributed by atoms with Crippen molar-refractivity contribution in [2.45, 2.75) is 12.5 Å². The van der Waals surface area contributed by atoms with E-state index >= 15 is 0 Å². The van der Waals surface area contributed by atoms with Gasteiger partial charge in [0.1, 0.15) is 17.2 Å². The number of rotatable bonds is 6. The first-order valence-electron chi connectivity index (χ1n) is 10.7. The van der Waals surface area contributed by atoms with Gasteiger partial charge >= 0.3 is 0 Å². The van der Waals surface area contributed by atoms with Crippen LogP contribution in [0, 0.1) is 0 Å². The number of hydrogen-bond acceptors (Lipinski definition) is 6. The molecule has 9 heteroatoms. The highest BCUT2D eigenvalue weighted by atomic mass is 35.5. The van der Waals surface area contributed by atoms with E-state index in [1.54, 1.807) is 18.3 Å². The molecule has 0 saturated carbocycles. The van der Waals surface area contributed by atoms with Crippen molar-refractivity contribution in [3.8, 4) is 11.5 Å². The number of ether oxygens (including phenoxy) is 1. The molecule has 0 spiro atoms. The Morgan fingerprint density at radius 2 is 1.97 bits per heavy atom. The fraction of sp³-hybridized carbons (Fsp3) is 0.208. The minimum Gasteiger partial charge on any atom is -0.457 e. The van der Waals surface area contributed by atoms with Crippen LogP contribution in [0.4, 0.5) is 11.6 Å².